The standard InChI is InChI=1S/C6H13NO2.ClH/c1-6(2,3)9-5(8)4-7;/h4,7H2,1-3H3;1H/p-1. The molecule has 0 bridgehead atoms. The van der Waals surface area contributed by atoms with Gasteiger partial charge in [0.25, 0.3) is 0 Å². The van der Waals surface area contributed by atoms with Crippen molar-refractivity contribution < 1.29 is 21.9 Å². The summed E-state index contributed by atoms with van der Waals surface area (Å²) in [6.07, 6.45) is 0. The van der Waals surface area contributed by atoms with E-state index < -0.39 is 5.60 Å². The molecule has 0 rings (SSSR count). The lowest BCUT2D eigenvalue weighted by Gasteiger charge is -2.18. The molecule has 0 saturated heterocycles. The van der Waals surface area contributed by atoms with Crippen LogP contribution in [0, 0.1) is 0 Å². The van der Waals surface area contributed by atoms with Crippen molar-refractivity contribution >= 4 is 5.97 Å². The van der Waals surface area contributed by atoms with Gasteiger partial charge in [0, 0.05) is 0 Å². The van der Waals surface area contributed by atoms with Gasteiger partial charge in [0.2, 0.25) is 0 Å². The van der Waals surface area contributed by atoms with Crippen molar-refractivity contribution in [3.63, 3.8) is 0 Å². The van der Waals surface area contributed by atoms with Gasteiger partial charge in [-0.05, 0) is 20.8 Å². The van der Waals surface area contributed by atoms with E-state index in [9.17, 15) is 4.79 Å². The fraction of sp³-hybridized carbons (Fsp3) is 0.833. The molecule has 3 nitrogen and oxygen atoms in total. The fourth-order valence-corrected chi connectivity index (χ4v) is 0.383. The van der Waals surface area contributed by atoms with Crippen molar-refractivity contribution in [2.75, 3.05) is 6.54 Å². The largest absolute Gasteiger partial charge is 1.00 e. The number of nitrogens with two attached hydrogens (primary N) is 1. The summed E-state index contributed by atoms with van der Waals surface area (Å²) in [6.45, 7) is 5.37. The molecule has 0 aromatic carbocycles. The smallest absolute Gasteiger partial charge is 0.320 e. The van der Waals surface area contributed by atoms with Gasteiger partial charge in [-0.3, -0.25) is 4.79 Å². The number of rotatable bonds is 1. The normalized spacial score (nSPS) is 10.0. The van der Waals surface area contributed by atoms with Gasteiger partial charge in [-0.25, -0.2) is 0 Å². The van der Waals surface area contributed by atoms with E-state index in [0.717, 1.165) is 0 Å². The van der Waals surface area contributed by atoms with Crippen molar-refractivity contribution in [3.8, 4) is 0 Å². The highest BCUT2D eigenvalue weighted by molar-refractivity contribution is 5.71. The first-order valence-electron chi connectivity index (χ1n) is 2.87. The van der Waals surface area contributed by atoms with Gasteiger partial charge in [0.1, 0.15) is 5.60 Å². The summed E-state index contributed by atoms with van der Waals surface area (Å²) in [4.78, 5) is 10.5. The Balaban J connectivity index is 0. The highest BCUT2D eigenvalue weighted by atomic mass is 35.5. The van der Waals surface area contributed by atoms with E-state index in [0.29, 0.717) is 0 Å². The SMILES string of the molecule is CC(C)(C)OC(=O)CN.[Cl-]. The molecule has 4 heteroatoms. The van der Waals surface area contributed by atoms with Gasteiger partial charge in [0.15, 0.2) is 0 Å². The van der Waals surface area contributed by atoms with Gasteiger partial charge in [-0.15, -0.1) is 0 Å². The maximum Gasteiger partial charge on any atom is 0.320 e. The predicted octanol–water partition coefficient (Wildman–Crippen LogP) is -2.71. The van der Waals surface area contributed by atoms with Crippen LogP contribution in [0.25, 0.3) is 0 Å². The van der Waals surface area contributed by atoms with Crippen LogP contribution < -0.4 is 18.1 Å². The van der Waals surface area contributed by atoms with Gasteiger partial charge in [-0.2, -0.15) is 0 Å². The molecule has 0 saturated carbocycles. The summed E-state index contributed by atoms with van der Waals surface area (Å²) in [7, 11) is 0. The molecule has 0 atom stereocenters. The Hall–Kier alpha value is -0.280. The van der Waals surface area contributed by atoms with Crippen LogP contribution in [-0.4, -0.2) is 18.1 Å². The molecule has 0 heterocycles. The van der Waals surface area contributed by atoms with Gasteiger partial charge >= 0.3 is 5.97 Å². The average Bonchev–Trinajstić information content (AvgIpc) is 1.62. The van der Waals surface area contributed by atoms with Crippen LogP contribution in [-0.2, 0) is 9.53 Å². The molecule has 0 aliphatic heterocycles. The third kappa shape index (κ3) is 7.72. The lowest BCUT2D eigenvalue weighted by atomic mass is 10.2. The van der Waals surface area contributed by atoms with Crippen LogP contribution in [0.5, 0.6) is 0 Å². The summed E-state index contributed by atoms with van der Waals surface area (Å²) < 4.78 is 4.82. The Bertz CT molecular complexity index is 109. The molecule has 0 aromatic rings. The molecule has 10 heavy (non-hydrogen) atoms. The molecular formula is C6H13ClNO2-. The maximum absolute atomic E-state index is 10.5. The van der Waals surface area contributed by atoms with E-state index in [-0.39, 0.29) is 24.9 Å². The van der Waals surface area contributed by atoms with Crippen LogP contribution >= 0.6 is 0 Å². The summed E-state index contributed by atoms with van der Waals surface area (Å²) in [5.41, 5.74) is 4.60. The first-order valence-corrected chi connectivity index (χ1v) is 2.87. The highest BCUT2D eigenvalue weighted by Crippen LogP contribution is 2.05. The van der Waals surface area contributed by atoms with E-state index in [1.165, 1.54) is 0 Å². The number of hydrogen-bond acceptors (Lipinski definition) is 3. The van der Waals surface area contributed by atoms with Gasteiger partial charge < -0.3 is 22.9 Å². The second kappa shape index (κ2) is 4.52. The number of esters is 1. The number of ether oxygens (including phenoxy) is 1. The van der Waals surface area contributed by atoms with Crippen LogP contribution in [0.1, 0.15) is 20.8 Å². The minimum Gasteiger partial charge on any atom is -1.00 e. The van der Waals surface area contributed by atoms with E-state index in [1.54, 1.807) is 20.8 Å². The number of carbonyl (C=O) groups excluding carboxylic acids is 1. The predicted molar refractivity (Wildman–Crippen MR) is 34.9 cm³/mol. The Kier molecular flexibility index (Phi) is 5.61. The molecule has 0 radical (unpaired) electrons. The van der Waals surface area contributed by atoms with Gasteiger partial charge in [-0.1, -0.05) is 0 Å². The monoisotopic (exact) mass is 166 g/mol. The minimum atomic E-state index is -0.406. The Labute approximate surface area is 67.3 Å². The summed E-state index contributed by atoms with van der Waals surface area (Å²) in [5, 5.41) is 0. The molecule has 0 unspecified atom stereocenters. The zero-order chi connectivity index (χ0) is 7.49. The summed E-state index contributed by atoms with van der Waals surface area (Å²) in [6, 6.07) is 0. The topological polar surface area (TPSA) is 52.3 Å². The second-order valence-electron chi connectivity index (χ2n) is 2.79. The van der Waals surface area contributed by atoms with Crippen molar-refractivity contribution in [2.45, 2.75) is 26.4 Å². The molecular weight excluding hydrogens is 154 g/mol. The Morgan fingerprint density at radius 3 is 2.00 bits per heavy atom. The van der Waals surface area contributed by atoms with Crippen molar-refractivity contribution in [3.05, 3.63) is 0 Å². The van der Waals surface area contributed by atoms with Crippen molar-refractivity contribution in [1.82, 2.24) is 0 Å². The van der Waals surface area contributed by atoms with Crippen LogP contribution in [0.4, 0.5) is 0 Å². The summed E-state index contributed by atoms with van der Waals surface area (Å²) in [5.74, 6) is -0.359. The average molecular weight is 167 g/mol. The lowest BCUT2D eigenvalue weighted by Crippen LogP contribution is -3.00. The molecule has 0 fully saturated rings. The molecule has 2 N–H and O–H groups in total. The zero-order valence-corrected chi connectivity index (χ0v) is 7.23. The van der Waals surface area contributed by atoms with Gasteiger partial charge in [0.05, 0.1) is 6.54 Å². The Morgan fingerprint density at radius 2 is 1.90 bits per heavy atom. The van der Waals surface area contributed by atoms with E-state index in [1.807, 2.05) is 0 Å². The van der Waals surface area contributed by atoms with Crippen molar-refractivity contribution in [1.29, 1.82) is 0 Å². The van der Waals surface area contributed by atoms with E-state index in [2.05, 4.69) is 0 Å². The number of carbonyl (C=O) groups is 1. The van der Waals surface area contributed by atoms with Crippen LogP contribution in [0.15, 0.2) is 0 Å². The molecule has 0 aliphatic rings. The van der Waals surface area contributed by atoms with E-state index >= 15 is 0 Å². The van der Waals surface area contributed by atoms with Crippen LogP contribution in [0.2, 0.25) is 0 Å². The second-order valence-corrected chi connectivity index (χ2v) is 2.79. The summed E-state index contributed by atoms with van der Waals surface area (Å²) >= 11 is 0. The lowest BCUT2D eigenvalue weighted by molar-refractivity contribution is -0.152. The Morgan fingerprint density at radius 1 is 1.50 bits per heavy atom. The zero-order valence-electron chi connectivity index (χ0n) is 6.48. The van der Waals surface area contributed by atoms with Crippen molar-refractivity contribution in [2.24, 2.45) is 5.73 Å². The molecule has 0 amide bonds. The first-order chi connectivity index (χ1) is 3.95. The molecule has 0 spiro atoms. The molecule has 0 aromatic heterocycles. The highest BCUT2D eigenvalue weighted by Gasteiger charge is 2.13. The number of halogens is 1. The van der Waals surface area contributed by atoms with Crippen LogP contribution in [0.3, 0.4) is 0 Å². The van der Waals surface area contributed by atoms with E-state index in [4.69, 9.17) is 10.5 Å². The first kappa shape index (κ1) is 12.4. The molecule has 0 aliphatic carbocycles. The minimum absolute atomic E-state index is 0. The maximum atomic E-state index is 10.5. The fourth-order valence-electron chi connectivity index (χ4n) is 0.383. The third-order valence-electron chi connectivity index (χ3n) is 0.587. The number of hydrogen-bond donors (Lipinski definition) is 1. The quantitative estimate of drug-likeness (QED) is 0.431. The molecule has 62 valence electrons. The third-order valence-corrected chi connectivity index (χ3v) is 0.587.